The molecule has 9 nitrogen and oxygen atoms in total. The van der Waals surface area contributed by atoms with Gasteiger partial charge >= 0.3 is 5.69 Å². The fourth-order valence-corrected chi connectivity index (χ4v) is 2.14. The van der Waals surface area contributed by atoms with Gasteiger partial charge in [-0.1, -0.05) is 22.9 Å². The van der Waals surface area contributed by atoms with Crippen LogP contribution in [-0.2, 0) is 13.7 Å². The molecule has 0 aliphatic rings. The highest BCUT2D eigenvalue weighted by Gasteiger charge is 2.17. The van der Waals surface area contributed by atoms with Crippen LogP contribution in [0, 0.1) is 0 Å². The van der Waals surface area contributed by atoms with Crippen LogP contribution in [0.1, 0.15) is 6.93 Å². The van der Waals surface area contributed by atoms with Gasteiger partial charge in [0.2, 0.25) is 0 Å². The maximum Gasteiger partial charge on any atom is 0.369 e. The van der Waals surface area contributed by atoms with Gasteiger partial charge in [0.15, 0.2) is 5.82 Å². The summed E-state index contributed by atoms with van der Waals surface area (Å²) in [5, 5.41) is 9.31. The summed E-state index contributed by atoms with van der Waals surface area (Å²) in [6.07, 6.45) is 1.33. The summed E-state index contributed by atoms with van der Waals surface area (Å²) in [6, 6.07) is 0. The first-order chi connectivity index (χ1) is 10.6. The largest absolute Gasteiger partial charge is 0.465 e. The fraction of sp³-hybridized carbons (Fsp3) is 0.200. The average molecular weight is 328 g/mol. The van der Waals surface area contributed by atoms with Crippen LogP contribution in [0.4, 0.5) is 0 Å². The molecule has 3 rings (SSSR count). The van der Waals surface area contributed by atoms with Gasteiger partial charge in [0.25, 0.3) is 5.19 Å². The second kappa shape index (κ2) is 5.58. The molecule has 3 aromatic rings. The highest BCUT2D eigenvalue weighted by molar-refractivity contribution is 7.11. The Hall–Kier alpha value is -2.33. The van der Waals surface area contributed by atoms with Gasteiger partial charge in [0.1, 0.15) is 18.1 Å². The monoisotopic (exact) mass is 327 g/mol. The molecular weight excluding hydrogens is 318 g/mol. The molecule has 0 saturated heterocycles. The van der Waals surface area contributed by atoms with E-state index >= 15 is 0 Å². The molecule has 108 valence electrons. The Bertz CT molecular complexity index is 876. The summed E-state index contributed by atoms with van der Waals surface area (Å²) in [5.74, 6) is 0.181. The van der Waals surface area contributed by atoms with Crippen molar-refractivity contribution in [3.63, 3.8) is 0 Å². The zero-order valence-corrected chi connectivity index (χ0v) is 12.2. The lowest BCUT2D eigenvalue weighted by Gasteiger charge is -2.08. The summed E-state index contributed by atoms with van der Waals surface area (Å²) in [7, 11) is 1.47. The normalized spacial score (nSPS) is 11.4. The molecule has 21 heavy (non-hydrogen) atoms. The molecule has 11 heteroatoms. The number of ether oxygens (including phenoxy) is 1. The molecule has 3 heterocycles. The van der Waals surface area contributed by atoms with Crippen LogP contribution < -0.4 is 10.4 Å². The SMILES string of the molecule is [3H]c1csc(OCc2c(Cl)ncnc2-n2nnn(C)c2=O)n1. The first-order valence-corrected chi connectivity index (χ1v) is 6.85. The molecule has 0 aromatic carbocycles. The van der Waals surface area contributed by atoms with Crippen LogP contribution in [0.5, 0.6) is 5.19 Å². The molecule has 0 spiro atoms. The average Bonchev–Trinajstić information content (AvgIpc) is 3.05. The van der Waals surface area contributed by atoms with E-state index in [0.29, 0.717) is 10.8 Å². The van der Waals surface area contributed by atoms with E-state index in [-0.39, 0.29) is 23.8 Å². The molecule has 3 aromatic heterocycles. The minimum Gasteiger partial charge on any atom is -0.465 e. The lowest BCUT2D eigenvalue weighted by atomic mass is 10.3. The van der Waals surface area contributed by atoms with E-state index in [2.05, 4.69) is 25.4 Å². The van der Waals surface area contributed by atoms with E-state index in [0.717, 1.165) is 9.36 Å². The van der Waals surface area contributed by atoms with Crippen molar-refractivity contribution in [3.05, 3.63) is 39.1 Å². The number of hydrogen-bond donors (Lipinski definition) is 0. The van der Waals surface area contributed by atoms with Crippen molar-refractivity contribution in [1.29, 1.82) is 0 Å². The van der Waals surface area contributed by atoms with Gasteiger partial charge in [-0.05, 0) is 10.4 Å². The predicted molar refractivity (Wildman–Crippen MR) is 73.6 cm³/mol. The molecule has 0 saturated carbocycles. The molecule has 0 bridgehead atoms. The molecule has 0 N–H and O–H groups in total. The van der Waals surface area contributed by atoms with Gasteiger partial charge < -0.3 is 4.74 Å². The molecule has 0 amide bonds. The van der Waals surface area contributed by atoms with Crippen molar-refractivity contribution < 1.29 is 6.11 Å². The Morgan fingerprint density at radius 3 is 2.95 bits per heavy atom. The summed E-state index contributed by atoms with van der Waals surface area (Å²) in [4.78, 5) is 23.7. The van der Waals surface area contributed by atoms with E-state index in [9.17, 15) is 4.79 Å². The number of rotatable bonds is 4. The molecule has 0 unspecified atom stereocenters. The first kappa shape index (κ1) is 12.4. The Kier molecular flexibility index (Phi) is 3.30. The summed E-state index contributed by atoms with van der Waals surface area (Å²) in [6.45, 7) is -0.0228. The zero-order chi connectivity index (χ0) is 15.7. The topological polar surface area (TPSA) is 101 Å². The van der Waals surface area contributed by atoms with Gasteiger partial charge in [-0.2, -0.15) is 4.68 Å². The standard InChI is InChI=1S/C10H8ClN7O2S/c1-17-10(19)18(16-15-17)8-6(7(11)13-5-14-8)4-20-9-12-2-3-21-9/h2-3,5H,4H2,1H3/i2T. The van der Waals surface area contributed by atoms with E-state index in [1.807, 2.05) is 0 Å². The molecule has 0 atom stereocenters. The maximum absolute atomic E-state index is 11.9. The Morgan fingerprint density at radius 2 is 2.29 bits per heavy atom. The van der Waals surface area contributed by atoms with Crippen molar-refractivity contribution in [2.45, 2.75) is 6.61 Å². The van der Waals surface area contributed by atoms with Crippen LogP contribution in [0.3, 0.4) is 0 Å². The van der Waals surface area contributed by atoms with E-state index in [4.69, 9.17) is 17.7 Å². The van der Waals surface area contributed by atoms with E-state index < -0.39 is 5.69 Å². The van der Waals surface area contributed by atoms with Crippen LogP contribution in [0.15, 0.2) is 22.7 Å². The minimum absolute atomic E-state index is 0.0228. The highest BCUT2D eigenvalue weighted by Crippen LogP contribution is 2.21. The van der Waals surface area contributed by atoms with E-state index in [1.54, 1.807) is 0 Å². The van der Waals surface area contributed by atoms with Crippen molar-refractivity contribution >= 4 is 22.9 Å². The molecule has 0 fully saturated rings. The Morgan fingerprint density at radius 1 is 1.43 bits per heavy atom. The fourth-order valence-electron chi connectivity index (χ4n) is 1.52. The summed E-state index contributed by atoms with van der Waals surface area (Å²) in [5.41, 5.74) is -0.104. The number of tetrazole rings is 1. The number of nitrogens with zero attached hydrogens (tertiary/aromatic N) is 7. The molecule has 0 aliphatic heterocycles. The summed E-state index contributed by atoms with van der Waals surface area (Å²) < 4.78 is 14.9. The first-order valence-electron chi connectivity index (χ1n) is 6.10. The number of aryl methyl sites for hydroxylation is 1. The molecular formula is C10H8ClN7O2S. The second-order valence-electron chi connectivity index (χ2n) is 3.79. The van der Waals surface area contributed by atoms with Crippen molar-refractivity contribution in [2.75, 3.05) is 0 Å². The smallest absolute Gasteiger partial charge is 0.369 e. The van der Waals surface area contributed by atoms with Crippen molar-refractivity contribution in [2.24, 2.45) is 7.05 Å². The van der Waals surface area contributed by atoms with Gasteiger partial charge in [0, 0.05) is 18.6 Å². The second-order valence-corrected chi connectivity index (χ2v) is 4.97. The Labute approximate surface area is 128 Å². The maximum atomic E-state index is 11.9. The van der Waals surface area contributed by atoms with Crippen molar-refractivity contribution in [3.8, 4) is 11.0 Å². The quantitative estimate of drug-likeness (QED) is 0.641. The number of hydrogen-bond acceptors (Lipinski definition) is 8. The highest BCUT2D eigenvalue weighted by atomic mass is 35.5. The number of thiazole rings is 1. The summed E-state index contributed by atoms with van der Waals surface area (Å²) >= 11 is 7.23. The zero-order valence-electron chi connectivity index (χ0n) is 11.6. The minimum atomic E-state index is -0.473. The van der Waals surface area contributed by atoms with Gasteiger partial charge in [0.05, 0.1) is 6.93 Å². The van der Waals surface area contributed by atoms with E-state index in [1.165, 1.54) is 30.1 Å². The van der Waals surface area contributed by atoms with Crippen LogP contribution in [0.2, 0.25) is 5.15 Å². The van der Waals surface area contributed by atoms with Crippen LogP contribution in [0.25, 0.3) is 5.82 Å². The lowest BCUT2D eigenvalue weighted by molar-refractivity contribution is 0.303. The Balaban J connectivity index is 1.96. The third-order valence-corrected chi connectivity index (χ3v) is 3.46. The molecule has 0 radical (unpaired) electrons. The third-order valence-electron chi connectivity index (χ3n) is 2.50. The molecule has 0 aliphatic carbocycles. The van der Waals surface area contributed by atoms with Crippen LogP contribution in [-0.4, -0.2) is 34.7 Å². The van der Waals surface area contributed by atoms with Gasteiger partial charge in [-0.15, -0.1) is 4.68 Å². The van der Waals surface area contributed by atoms with Crippen molar-refractivity contribution in [1.82, 2.24) is 34.7 Å². The van der Waals surface area contributed by atoms with Crippen LogP contribution >= 0.6 is 22.9 Å². The third kappa shape index (κ3) is 2.62. The predicted octanol–water partition coefficient (Wildman–Crippen LogP) is 0.445. The number of aromatic nitrogens is 7. The van der Waals surface area contributed by atoms with Gasteiger partial charge in [-0.25, -0.2) is 19.7 Å². The lowest BCUT2D eigenvalue weighted by Crippen LogP contribution is -2.24. The van der Waals surface area contributed by atoms with Gasteiger partial charge in [-0.3, -0.25) is 0 Å². The number of halogens is 1.